The number of anilines is 1. The first-order valence-corrected chi connectivity index (χ1v) is 10.5. The van der Waals surface area contributed by atoms with Gasteiger partial charge in [-0.3, -0.25) is 4.90 Å². The Morgan fingerprint density at radius 3 is 2.27 bits per heavy atom. The van der Waals surface area contributed by atoms with E-state index in [4.69, 9.17) is 0 Å². The number of ether oxygens (including phenoxy) is 1. The third kappa shape index (κ3) is 6.59. The number of rotatable bonds is 8. The molecule has 1 fully saturated rings. The van der Waals surface area contributed by atoms with Crippen molar-refractivity contribution < 1.29 is 38.0 Å². The Kier molecular flexibility index (Phi) is 7.83. The van der Waals surface area contributed by atoms with Crippen LogP contribution >= 0.6 is 0 Å². The number of aliphatic hydroxyl groups excluding tert-OH is 2. The van der Waals surface area contributed by atoms with Crippen LogP contribution in [0.2, 0.25) is 0 Å². The van der Waals surface area contributed by atoms with E-state index in [2.05, 4.69) is 4.74 Å². The van der Waals surface area contributed by atoms with E-state index in [1.165, 1.54) is 24.3 Å². The highest BCUT2D eigenvalue weighted by Crippen LogP contribution is 2.28. The van der Waals surface area contributed by atoms with Crippen molar-refractivity contribution in [1.82, 2.24) is 4.90 Å². The van der Waals surface area contributed by atoms with Gasteiger partial charge in [-0.25, -0.2) is 4.79 Å². The number of carbonyl (C=O) groups is 1. The normalized spacial score (nSPS) is 20.2. The van der Waals surface area contributed by atoms with Gasteiger partial charge in [0.15, 0.2) is 6.10 Å². The van der Waals surface area contributed by atoms with Crippen molar-refractivity contribution in [1.29, 1.82) is 0 Å². The maximum Gasteiger partial charge on any atom is 0.573 e. The van der Waals surface area contributed by atoms with E-state index in [1.807, 2.05) is 30.0 Å². The molecule has 2 aromatic rings. The van der Waals surface area contributed by atoms with Crippen molar-refractivity contribution in [2.24, 2.45) is 5.92 Å². The standard InChI is InChI=1S/C23H27F3N2O5/c1-15-14-27(17-7-9-18(10-8-17)33-23(24,25)26)11-12-28(15)21(30)19(20(29)22(31)32)13-16-5-3-2-4-6-16/h2-10,15,19-21,29-30H,11-14H2,1H3,(H,31,32)/t15-,19+,20+,21+/m1/s1. The molecule has 0 spiro atoms. The number of benzene rings is 2. The second kappa shape index (κ2) is 10.4. The van der Waals surface area contributed by atoms with Crippen LogP contribution in [0.1, 0.15) is 12.5 Å². The minimum absolute atomic E-state index is 0.184. The molecule has 0 aromatic heterocycles. The lowest BCUT2D eigenvalue weighted by atomic mass is 9.90. The minimum Gasteiger partial charge on any atom is -0.479 e. The third-order valence-electron chi connectivity index (χ3n) is 5.81. The first kappa shape index (κ1) is 24.8. The van der Waals surface area contributed by atoms with Crippen molar-refractivity contribution in [3.63, 3.8) is 0 Å². The van der Waals surface area contributed by atoms with Gasteiger partial charge in [-0.05, 0) is 43.2 Å². The molecule has 1 heterocycles. The molecule has 0 bridgehead atoms. The zero-order chi connectivity index (χ0) is 24.2. The van der Waals surface area contributed by atoms with Crippen LogP contribution in [-0.2, 0) is 11.2 Å². The molecule has 7 nitrogen and oxygen atoms in total. The van der Waals surface area contributed by atoms with Crippen LogP contribution in [0.4, 0.5) is 18.9 Å². The van der Waals surface area contributed by atoms with E-state index >= 15 is 0 Å². The molecule has 3 N–H and O–H groups in total. The minimum atomic E-state index is -4.76. The summed E-state index contributed by atoms with van der Waals surface area (Å²) in [6.07, 6.45) is -7.51. The summed E-state index contributed by atoms with van der Waals surface area (Å²) < 4.78 is 41.0. The quantitative estimate of drug-likeness (QED) is 0.549. The van der Waals surface area contributed by atoms with Gasteiger partial charge in [0.25, 0.3) is 0 Å². The van der Waals surface area contributed by atoms with Crippen molar-refractivity contribution in [2.45, 2.75) is 38.1 Å². The molecular formula is C23H27F3N2O5. The van der Waals surface area contributed by atoms with Crippen LogP contribution in [0, 0.1) is 5.92 Å². The van der Waals surface area contributed by atoms with Gasteiger partial charge in [0.05, 0.1) is 0 Å². The highest BCUT2D eigenvalue weighted by atomic mass is 19.4. The number of hydrogen-bond acceptors (Lipinski definition) is 6. The molecule has 180 valence electrons. The molecule has 2 aromatic carbocycles. The molecule has 0 unspecified atom stereocenters. The summed E-state index contributed by atoms with van der Waals surface area (Å²) >= 11 is 0. The summed E-state index contributed by atoms with van der Waals surface area (Å²) in [6, 6.07) is 14.4. The first-order valence-electron chi connectivity index (χ1n) is 10.5. The zero-order valence-electron chi connectivity index (χ0n) is 18.0. The number of aliphatic hydroxyl groups is 2. The Bertz CT molecular complexity index is 911. The highest BCUT2D eigenvalue weighted by Gasteiger charge is 2.39. The molecule has 0 amide bonds. The number of hydrogen-bond donors (Lipinski definition) is 3. The lowest BCUT2D eigenvalue weighted by Gasteiger charge is -2.45. The van der Waals surface area contributed by atoms with Gasteiger partial charge in [-0.1, -0.05) is 30.3 Å². The fourth-order valence-electron chi connectivity index (χ4n) is 4.15. The zero-order valence-corrected chi connectivity index (χ0v) is 18.0. The van der Waals surface area contributed by atoms with E-state index in [-0.39, 0.29) is 18.2 Å². The Labute approximate surface area is 189 Å². The lowest BCUT2D eigenvalue weighted by molar-refractivity contribution is -0.274. The lowest BCUT2D eigenvalue weighted by Crippen LogP contribution is -2.59. The molecule has 1 aliphatic rings. The summed E-state index contributed by atoms with van der Waals surface area (Å²) in [4.78, 5) is 15.2. The van der Waals surface area contributed by atoms with Crippen molar-refractivity contribution in [3.05, 3.63) is 60.2 Å². The van der Waals surface area contributed by atoms with Crippen LogP contribution in [0.3, 0.4) is 0 Å². The van der Waals surface area contributed by atoms with E-state index < -0.39 is 30.6 Å². The average molecular weight is 468 g/mol. The van der Waals surface area contributed by atoms with Crippen LogP contribution in [-0.4, -0.2) is 70.6 Å². The summed E-state index contributed by atoms with van der Waals surface area (Å²) in [5.74, 6) is -2.65. The van der Waals surface area contributed by atoms with Gasteiger partial charge in [-0.15, -0.1) is 13.2 Å². The number of alkyl halides is 3. The van der Waals surface area contributed by atoms with Crippen molar-refractivity contribution in [2.75, 3.05) is 24.5 Å². The highest BCUT2D eigenvalue weighted by molar-refractivity contribution is 5.72. The van der Waals surface area contributed by atoms with E-state index in [0.29, 0.717) is 25.3 Å². The summed E-state index contributed by atoms with van der Waals surface area (Å²) in [5, 5.41) is 30.7. The Morgan fingerprint density at radius 2 is 1.73 bits per heavy atom. The second-order valence-electron chi connectivity index (χ2n) is 8.12. The molecule has 0 saturated carbocycles. The molecule has 1 aliphatic heterocycles. The number of nitrogens with zero attached hydrogens (tertiary/aromatic N) is 2. The second-order valence-corrected chi connectivity index (χ2v) is 8.12. The van der Waals surface area contributed by atoms with Crippen molar-refractivity contribution in [3.8, 4) is 5.75 Å². The molecule has 0 radical (unpaired) electrons. The number of aliphatic carboxylic acids is 1. The maximum atomic E-state index is 12.4. The predicted octanol–water partition coefficient (Wildman–Crippen LogP) is 2.72. The molecule has 1 saturated heterocycles. The fourth-order valence-corrected chi connectivity index (χ4v) is 4.15. The van der Waals surface area contributed by atoms with Gasteiger partial charge in [0.1, 0.15) is 12.0 Å². The summed E-state index contributed by atoms with van der Waals surface area (Å²) in [5.41, 5.74) is 1.51. The van der Waals surface area contributed by atoms with Gasteiger partial charge >= 0.3 is 12.3 Å². The number of carboxylic acid groups (broad SMARTS) is 1. The third-order valence-corrected chi connectivity index (χ3v) is 5.81. The Morgan fingerprint density at radius 1 is 1.09 bits per heavy atom. The van der Waals surface area contributed by atoms with Crippen LogP contribution in [0.25, 0.3) is 0 Å². The SMILES string of the molecule is C[C@@H]1CN(c2ccc(OC(F)(F)F)cc2)CCN1[C@@H](O)[C@@H](Cc1ccccc1)[C@H](O)C(=O)O. The molecule has 3 rings (SSSR count). The number of carboxylic acids is 1. The summed E-state index contributed by atoms with van der Waals surface area (Å²) in [7, 11) is 0. The topological polar surface area (TPSA) is 93.5 Å². The van der Waals surface area contributed by atoms with E-state index in [1.54, 1.807) is 17.0 Å². The van der Waals surface area contributed by atoms with Crippen LogP contribution < -0.4 is 9.64 Å². The van der Waals surface area contributed by atoms with Crippen molar-refractivity contribution >= 4 is 11.7 Å². The van der Waals surface area contributed by atoms with Gasteiger partial charge < -0.3 is 25.0 Å². The Balaban J connectivity index is 1.68. The van der Waals surface area contributed by atoms with Gasteiger partial charge in [-0.2, -0.15) is 0 Å². The maximum absolute atomic E-state index is 12.4. The average Bonchev–Trinajstić information content (AvgIpc) is 2.76. The van der Waals surface area contributed by atoms with Crippen LogP contribution in [0.5, 0.6) is 5.75 Å². The summed E-state index contributed by atoms with van der Waals surface area (Å²) in [6.45, 7) is 3.16. The fraction of sp³-hybridized carbons (Fsp3) is 0.435. The predicted molar refractivity (Wildman–Crippen MR) is 115 cm³/mol. The van der Waals surface area contributed by atoms with E-state index in [9.17, 15) is 33.3 Å². The largest absolute Gasteiger partial charge is 0.573 e. The number of piperazine rings is 1. The molecule has 33 heavy (non-hydrogen) atoms. The van der Waals surface area contributed by atoms with Gasteiger partial charge in [0.2, 0.25) is 0 Å². The van der Waals surface area contributed by atoms with E-state index in [0.717, 1.165) is 5.56 Å². The number of halogens is 3. The molecule has 0 aliphatic carbocycles. The molecule has 4 atom stereocenters. The molecular weight excluding hydrogens is 441 g/mol. The first-order chi connectivity index (χ1) is 15.5. The Hall–Kier alpha value is -2.82. The van der Waals surface area contributed by atoms with Crippen LogP contribution in [0.15, 0.2) is 54.6 Å². The smallest absolute Gasteiger partial charge is 0.479 e. The molecule has 10 heteroatoms. The monoisotopic (exact) mass is 468 g/mol. The van der Waals surface area contributed by atoms with Gasteiger partial charge in [0, 0.05) is 37.3 Å².